The molecule has 312 valence electrons. The van der Waals surface area contributed by atoms with Crippen LogP contribution in [0.1, 0.15) is 129 Å². The molecule has 0 saturated heterocycles. The van der Waals surface area contributed by atoms with Crippen LogP contribution in [0.2, 0.25) is 0 Å². The second-order valence-corrected chi connectivity index (χ2v) is 23.5. The smallest absolute Gasteiger partial charge is 0.333 e. The van der Waals surface area contributed by atoms with Crippen LogP contribution in [0.4, 0.5) is 11.4 Å². The summed E-state index contributed by atoms with van der Waals surface area (Å²) in [6.07, 6.45) is 0. The molecule has 0 spiro atoms. The molecule has 12 rings (SSSR count). The molecule has 0 radical (unpaired) electrons. The summed E-state index contributed by atoms with van der Waals surface area (Å²) in [5, 5.41) is 2.66. The van der Waals surface area contributed by atoms with Gasteiger partial charge in [-0.05, 0) is 136 Å². The lowest BCUT2D eigenvalue weighted by molar-refractivity contribution is 0.584. The molecule has 2 aliphatic heterocycles. The number of hydrogen-bond acceptors (Lipinski definition) is 1. The van der Waals surface area contributed by atoms with Gasteiger partial charge in [0.05, 0.1) is 11.0 Å². The van der Waals surface area contributed by atoms with Crippen LogP contribution >= 0.6 is 0 Å². The SMILES string of the molecule is CC(C)(C)c1ccc(N2B3c4cc(C(C)(C)C)ccc4-n4c5cc6c(cc5c5ccc(c3c54)-c3cc4c(cc32)-c2ccc(C(C)(C)C)cc2C4(C)C)-c2ccccc2C6(C)C)cc1. The van der Waals surface area contributed by atoms with E-state index in [1.165, 1.54) is 122 Å². The van der Waals surface area contributed by atoms with E-state index in [9.17, 15) is 0 Å². The van der Waals surface area contributed by atoms with Gasteiger partial charge in [-0.15, -0.1) is 0 Å². The molecule has 3 heterocycles. The molecule has 63 heavy (non-hydrogen) atoms. The van der Waals surface area contributed by atoms with Crippen LogP contribution in [-0.2, 0) is 27.1 Å². The monoisotopic (exact) mass is 818 g/mol. The van der Waals surface area contributed by atoms with Crippen molar-refractivity contribution in [3.8, 4) is 39.1 Å². The highest BCUT2D eigenvalue weighted by Crippen LogP contribution is 2.56. The Morgan fingerprint density at radius 3 is 1.71 bits per heavy atom. The van der Waals surface area contributed by atoms with Gasteiger partial charge in [-0.2, -0.15) is 0 Å². The zero-order valence-corrected chi connectivity index (χ0v) is 39.5. The van der Waals surface area contributed by atoms with Gasteiger partial charge in [0.25, 0.3) is 0 Å². The summed E-state index contributed by atoms with van der Waals surface area (Å²) >= 11 is 0. The topological polar surface area (TPSA) is 8.17 Å². The molecule has 0 bridgehead atoms. The second kappa shape index (κ2) is 12.1. The summed E-state index contributed by atoms with van der Waals surface area (Å²) < 4.78 is 2.66. The molecule has 7 aromatic carbocycles. The molecule has 8 aromatic rings. The first kappa shape index (κ1) is 38.8. The van der Waals surface area contributed by atoms with Crippen molar-refractivity contribution in [3.63, 3.8) is 0 Å². The molecule has 0 atom stereocenters. The zero-order chi connectivity index (χ0) is 44.1. The van der Waals surface area contributed by atoms with Crippen molar-refractivity contribution in [3.05, 3.63) is 160 Å². The van der Waals surface area contributed by atoms with Crippen LogP contribution < -0.4 is 15.7 Å². The summed E-state index contributed by atoms with van der Waals surface area (Å²) in [5.74, 6) is 0. The summed E-state index contributed by atoms with van der Waals surface area (Å²) in [5.41, 5.74) is 27.0. The largest absolute Gasteiger partial charge is 0.376 e. The van der Waals surface area contributed by atoms with E-state index < -0.39 is 0 Å². The van der Waals surface area contributed by atoms with Crippen LogP contribution in [0.3, 0.4) is 0 Å². The lowest BCUT2D eigenvalue weighted by Crippen LogP contribution is -2.60. The predicted molar refractivity (Wildman–Crippen MR) is 271 cm³/mol. The standard InChI is InChI=1S/C60H59BN2/c1-56(2,3)34-18-22-37(23-19-34)63-53-32-43-39-24-20-35(57(4,5)6)28-47(39)60(12,13)48(43)31-45(53)40-25-26-41-44-30-42-38-16-14-15-17-46(38)59(10,11)49(42)33-52(44)62-51-27-21-36(58(7,8)9)29-50(51)61(63)54(40)55(41)62/h14-33H,1-13H3. The van der Waals surface area contributed by atoms with Gasteiger partial charge in [-0.25, -0.2) is 0 Å². The lowest BCUT2D eigenvalue weighted by Gasteiger charge is -2.43. The van der Waals surface area contributed by atoms with E-state index in [1.54, 1.807) is 0 Å². The maximum absolute atomic E-state index is 2.73. The highest BCUT2D eigenvalue weighted by molar-refractivity contribution is 6.93. The van der Waals surface area contributed by atoms with E-state index in [2.05, 4.69) is 221 Å². The van der Waals surface area contributed by atoms with E-state index in [0.29, 0.717) is 0 Å². The molecule has 0 saturated carbocycles. The number of hydrogen-bond donors (Lipinski definition) is 0. The van der Waals surface area contributed by atoms with Crippen LogP contribution in [0.15, 0.2) is 121 Å². The number of benzene rings is 7. The van der Waals surface area contributed by atoms with Crippen molar-refractivity contribution in [2.45, 2.75) is 117 Å². The van der Waals surface area contributed by atoms with Crippen molar-refractivity contribution in [2.24, 2.45) is 0 Å². The average molecular weight is 819 g/mol. The van der Waals surface area contributed by atoms with Crippen molar-refractivity contribution in [1.82, 2.24) is 4.57 Å². The molecule has 2 nitrogen and oxygen atoms in total. The average Bonchev–Trinajstić information content (AvgIpc) is 3.77. The highest BCUT2D eigenvalue weighted by Gasteiger charge is 2.47. The minimum absolute atomic E-state index is 0.0205. The first-order chi connectivity index (χ1) is 29.7. The molecule has 0 unspecified atom stereocenters. The van der Waals surface area contributed by atoms with E-state index >= 15 is 0 Å². The molecule has 0 fully saturated rings. The Balaban J connectivity index is 1.21. The normalized spacial score (nSPS) is 16.2. The summed E-state index contributed by atoms with van der Waals surface area (Å²) in [7, 11) is 0. The van der Waals surface area contributed by atoms with E-state index in [-0.39, 0.29) is 33.9 Å². The molecular weight excluding hydrogens is 759 g/mol. The van der Waals surface area contributed by atoms with Gasteiger partial charge in [0.15, 0.2) is 0 Å². The van der Waals surface area contributed by atoms with Gasteiger partial charge >= 0.3 is 6.85 Å². The van der Waals surface area contributed by atoms with Crippen LogP contribution in [-0.4, -0.2) is 11.4 Å². The third-order valence-electron chi connectivity index (χ3n) is 15.9. The Labute approximate surface area is 375 Å². The van der Waals surface area contributed by atoms with E-state index in [4.69, 9.17) is 0 Å². The minimum Gasteiger partial charge on any atom is -0.376 e. The fraction of sp³-hybridized carbons (Fsp3) is 0.300. The van der Waals surface area contributed by atoms with Gasteiger partial charge in [0.2, 0.25) is 0 Å². The van der Waals surface area contributed by atoms with Gasteiger partial charge < -0.3 is 9.38 Å². The molecule has 4 aliphatic rings. The van der Waals surface area contributed by atoms with E-state index in [0.717, 1.165) is 0 Å². The predicted octanol–water partition coefficient (Wildman–Crippen LogP) is 14.5. The van der Waals surface area contributed by atoms with Gasteiger partial charge in [0, 0.05) is 44.2 Å². The Morgan fingerprint density at radius 2 is 1.00 bits per heavy atom. The second-order valence-electron chi connectivity index (χ2n) is 23.5. The van der Waals surface area contributed by atoms with Crippen LogP contribution in [0.25, 0.3) is 60.9 Å². The lowest BCUT2D eigenvalue weighted by atomic mass is 9.43. The van der Waals surface area contributed by atoms with Crippen LogP contribution in [0, 0.1) is 0 Å². The van der Waals surface area contributed by atoms with Gasteiger partial charge in [-0.1, -0.05) is 169 Å². The summed E-state index contributed by atoms with van der Waals surface area (Å²) in [6, 6.07) is 48.5. The fourth-order valence-corrected chi connectivity index (χ4v) is 12.2. The zero-order valence-electron chi connectivity index (χ0n) is 39.5. The Morgan fingerprint density at radius 1 is 0.429 bits per heavy atom. The number of fused-ring (bicyclic) bond motifs is 14. The van der Waals surface area contributed by atoms with E-state index in [1.807, 2.05) is 0 Å². The fourth-order valence-electron chi connectivity index (χ4n) is 12.2. The summed E-state index contributed by atoms with van der Waals surface area (Å²) in [4.78, 5) is 2.73. The molecule has 3 heteroatoms. The maximum atomic E-state index is 2.73. The van der Waals surface area contributed by atoms with Crippen molar-refractivity contribution < 1.29 is 0 Å². The Bertz CT molecular complexity index is 3330. The molecule has 0 amide bonds. The Kier molecular flexibility index (Phi) is 7.43. The van der Waals surface area contributed by atoms with Gasteiger partial charge in [0.1, 0.15) is 0 Å². The third kappa shape index (κ3) is 5.09. The number of nitrogens with zero attached hydrogens (tertiary/aromatic N) is 2. The molecule has 0 N–H and O–H groups in total. The van der Waals surface area contributed by atoms with Crippen molar-refractivity contribution in [2.75, 3.05) is 4.81 Å². The first-order valence-corrected chi connectivity index (χ1v) is 23.3. The minimum atomic E-state index is -0.148. The van der Waals surface area contributed by atoms with Crippen molar-refractivity contribution in [1.29, 1.82) is 0 Å². The van der Waals surface area contributed by atoms with Crippen molar-refractivity contribution >= 4 is 51.0 Å². The molecule has 1 aromatic heterocycles. The first-order valence-electron chi connectivity index (χ1n) is 23.3. The number of aromatic nitrogens is 1. The maximum Gasteiger partial charge on any atom is 0.333 e. The van der Waals surface area contributed by atoms with Gasteiger partial charge in [-0.3, -0.25) is 0 Å². The summed E-state index contributed by atoms with van der Waals surface area (Å²) in [6.45, 7) is 30.7. The molecule has 2 aliphatic carbocycles. The highest BCUT2D eigenvalue weighted by atomic mass is 15.1. The number of anilines is 2. The number of rotatable bonds is 1. The third-order valence-corrected chi connectivity index (χ3v) is 15.9. The van der Waals surface area contributed by atoms with Crippen LogP contribution in [0.5, 0.6) is 0 Å². The Hall–Kier alpha value is -5.80. The quantitative estimate of drug-likeness (QED) is 0.150. The molecular formula is C60H59BN2.